The number of amidine groups is 1. The second-order valence-corrected chi connectivity index (χ2v) is 8.66. The molecule has 1 N–H and O–H groups in total. The van der Waals surface area contributed by atoms with Gasteiger partial charge in [0.25, 0.3) is 0 Å². The first kappa shape index (κ1) is 20.5. The highest BCUT2D eigenvalue weighted by Crippen LogP contribution is 2.39. The monoisotopic (exact) mass is 423 g/mol. The molecule has 1 aliphatic heterocycles. The van der Waals surface area contributed by atoms with Gasteiger partial charge in [0, 0.05) is 18.2 Å². The summed E-state index contributed by atoms with van der Waals surface area (Å²) >= 11 is 1.39. The van der Waals surface area contributed by atoms with E-state index in [2.05, 4.69) is 5.32 Å². The summed E-state index contributed by atoms with van der Waals surface area (Å²) in [6, 6.07) is 15.3. The highest BCUT2D eigenvalue weighted by Gasteiger charge is 2.46. The van der Waals surface area contributed by atoms with Crippen molar-refractivity contribution in [3.05, 3.63) is 54.1 Å². The number of benzene rings is 2. The van der Waals surface area contributed by atoms with Crippen molar-refractivity contribution >= 4 is 40.1 Å². The fourth-order valence-electron chi connectivity index (χ4n) is 3.35. The molecule has 1 atom stereocenters. The second-order valence-electron chi connectivity index (χ2n) is 7.49. The predicted octanol–water partition coefficient (Wildman–Crippen LogP) is 4.52. The van der Waals surface area contributed by atoms with Gasteiger partial charge in [0.2, 0.25) is 11.8 Å². The van der Waals surface area contributed by atoms with Crippen LogP contribution in [0.4, 0.5) is 11.4 Å². The topological polar surface area (TPSA) is 71.0 Å². The van der Waals surface area contributed by atoms with Gasteiger partial charge in [-0.15, -0.1) is 0 Å². The molecule has 2 aromatic carbocycles. The van der Waals surface area contributed by atoms with Gasteiger partial charge < -0.3 is 10.1 Å². The molecule has 156 valence electrons. The van der Waals surface area contributed by atoms with Gasteiger partial charge in [-0.1, -0.05) is 23.9 Å². The molecule has 1 aliphatic carbocycles. The minimum Gasteiger partial charge on any atom is -0.494 e. The van der Waals surface area contributed by atoms with Gasteiger partial charge in [-0.05, 0) is 68.7 Å². The van der Waals surface area contributed by atoms with Crippen LogP contribution in [0.25, 0.3) is 0 Å². The Morgan fingerprint density at radius 1 is 1.23 bits per heavy atom. The van der Waals surface area contributed by atoms with Gasteiger partial charge in [0.15, 0.2) is 5.17 Å². The van der Waals surface area contributed by atoms with E-state index in [0.717, 1.165) is 29.8 Å². The summed E-state index contributed by atoms with van der Waals surface area (Å²) in [5.74, 6) is 0.558. The molecular weight excluding hydrogens is 398 g/mol. The molecule has 0 unspecified atom stereocenters. The van der Waals surface area contributed by atoms with E-state index in [1.54, 1.807) is 17.0 Å². The lowest BCUT2D eigenvalue weighted by molar-refractivity contribution is -0.128. The highest BCUT2D eigenvalue weighted by atomic mass is 32.2. The molecule has 2 amide bonds. The standard InChI is InChI=1S/C23H25N3O3S/c1-3-29-19-11-7-16(8-12-19)24-21(27)14-20-22(28)26(18-9-10-18)23(30-20)25-17-6-4-5-15(2)13-17/h4-8,11-13,18,20H,3,9-10,14H2,1-2H3,(H,24,27)/t20-/m1/s1. The SMILES string of the molecule is CCOc1ccc(NC(=O)C[C@H]2SC(=Nc3cccc(C)c3)N(C3CC3)C2=O)cc1. The third kappa shape index (κ3) is 4.84. The lowest BCUT2D eigenvalue weighted by atomic mass is 10.2. The number of amides is 2. The van der Waals surface area contributed by atoms with Gasteiger partial charge >= 0.3 is 0 Å². The Balaban J connectivity index is 1.43. The zero-order valence-corrected chi connectivity index (χ0v) is 17.9. The van der Waals surface area contributed by atoms with Crippen LogP contribution in [0.2, 0.25) is 0 Å². The lowest BCUT2D eigenvalue weighted by Gasteiger charge is -2.15. The first-order valence-corrected chi connectivity index (χ1v) is 11.1. The van der Waals surface area contributed by atoms with E-state index in [4.69, 9.17) is 9.73 Å². The van der Waals surface area contributed by atoms with E-state index >= 15 is 0 Å². The molecule has 0 spiro atoms. The van der Waals surface area contributed by atoms with E-state index in [0.29, 0.717) is 17.5 Å². The van der Waals surface area contributed by atoms with Crippen molar-refractivity contribution in [1.82, 2.24) is 4.90 Å². The number of anilines is 1. The molecule has 0 aromatic heterocycles. The van der Waals surface area contributed by atoms with Crippen LogP contribution in [0.15, 0.2) is 53.5 Å². The van der Waals surface area contributed by atoms with Crippen LogP contribution in [-0.4, -0.2) is 39.8 Å². The molecule has 1 saturated carbocycles. The minimum absolute atomic E-state index is 0.0178. The molecule has 2 aliphatic rings. The maximum atomic E-state index is 13.0. The summed E-state index contributed by atoms with van der Waals surface area (Å²) < 4.78 is 5.42. The Kier molecular flexibility index (Phi) is 6.08. The van der Waals surface area contributed by atoms with E-state index in [1.165, 1.54) is 11.8 Å². The number of rotatable bonds is 7. The van der Waals surface area contributed by atoms with Gasteiger partial charge in [-0.2, -0.15) is 0 Å². The predicted molar refractivity (Wildman–Crippen MR) is 120 cm³/mol. The number of carbonyl (C=O) groups is 2. The number of aryl methyl sites for hydroxylation is 1. The molecule has 30 heavy (non-hydrogen) atoms. The van der Waals surface area contributed by atoms with Crippen LogP contribution in [0, 0.1) is 6.92 Å². The Morgan fingerprint density at radius 2 is 2.00 bits per heavy atom. The number of nitrogens with one attached hydrogen (secondary N) is 1. The number of carbonyl (C=O) groups excluding carboxylic acids is 2. The largest absolute Gasteiger partial charge is 0.494 e. The van der Waals surface area contributed by atoms with Crippen molar-refractivity contribution in [3.8, 4) is 5.75 Å². The Morgan fingerprint density at radius 3 is 2.67 bits per heavy atom. The summed E-state index contributed by atoms with van der Waals surface area (Å²) in [5, 5.41) is 3.13. The van der Waals surface area contributed by atoms with Crippen LogP contribution in [-0.2, 0) is 9.59 Å². The van der Waals surface area contributed by atoms with Gasteiger partial charge in [0.1, 0.15) is 11.0 Å². The molecule has 4 rings (SSSR count). The molecule has 2 aromatic rings. The van der Waals surface area contributed by atoms with E-state index in [9.17, 15) is 9.59 Å². The highest BCUT2D eigenvalue weighted by molar-refractivity contribution is 8.15. The van der Waals surface area contributed by atoms with E-state index in [-0.39, 0.29) is 24.3 Å². The third-order valence-electron chi connectivity index (χ3n) is 4.92. The fourth-order valence-corrected chi connectivity index (χ4v) is 4.57. The van der Waals surface area contributed by atoms with Crippen LogP contribution < -0.4 is 10.1 Å². The van der Waals surface area contributed by atoms with E-state index < -0.39 is 5.25 Å². The second kappa shape index (κ2) is 8.92. The van der Waals surface area contributed by atoms with Gasteiger partial charge in [-0.3, -0.25) is 14.5 Å². The van der Waals surface area contributed by atoms with Crippen molar-refractivity contribution < 1.29 is 14.3 Å². The number of ether oxygens (including phenoxy) is 1. The van der Waals surface area contributed by atoms with Crippen LogP contribution in [0.3, 0.4) is 0 Å². The first-order chi connectivity index (χ1) is 14.5. The zero-order valence-electron chi connectivity index (χ0n) is 17.1. The summed E-state index contributed by atoms with van der Waals surface area (Å²) in [6.45, 7) is 4.54. The molecule has 7 heteroatoms. The van der Waals surface area contributed by atoms with Crippen molar-refractivity contribution in [3.63, 3.8) is 0 Å². The Labute approximate surface area is 180 Å². The smallest absolute Gasteiger partial charge is 0.242 e. The number of aliphatic imine (C=N–C) groups is 1. The summed E-state index contributed by atoms with van der Waals surface area (Å²) in [4.78, 5) is 32.1. The lowest BCUT2D eigenvalue weighted by Crippen LogP contribution is -2.35. The number of thioether (sulfide) groups is 1. The molecule has 1 saturated heterocycles. The quantitative estimate of drug-likeness (QED) is 0.711. The van der Waals surface area contributed by atoms with Crippen LogP contribution in [0.5, 0.6) is 5.75 Å². The average molecular weight is 424 g/mol. The first-order valence-electron chi connectivity index (χ1n) is 10.2. The molecule has 6 nitrogen and oxygen atoms in total. The summed E-state index contributed by atoms with van der Waals surface area (Å²) in [5.41, 5.74) is 2.64. The van der Waals surface area contributed by atoms with Crippen molar-refractivity contribution in [2.75, 3.05) is 11.9 Å². The number of hydrogen-bond acceptors (Lipinski definition) is 5. The molecular formula is C23H25N3O3S. The maximum Gasteiger partial charge on any atom is 0.242 e. The normalized spacial score (nSPS) is 19.9. The van der Waals surface area contributed by atoms with Crippen molar-refractivity contribution in [1.29, 1.82) is 0 Å². The minimum atomic E-state index is -0.447. The number of hydrogen-bond donors (Lipinski definition) is 1. The van der Waals surface area contributed by atoms with E-state index in [1.807, 2.05) is 50.2 Å². The summed E-state index contributed by atoms with van der Waals surface area (Å²) in [7, 11) is 0. The van der Waals surface area contributed by atoms with Gasteiger partial charge in [0.05, 0.1) is 12.3 Å². The third-order valence-corrected chi connectivity index (χ3v) is 6.08. The van der Waals surface area contributed by atoms with Crippen molar-refractivity contribution in [2.45, 2.75) is 44.4 Å². The van der Waals surface area contributed by atoms with Crippen LogP contribution >= 0.6 is 11.8 Å². The number of nitrogens with zero attached hydrogens (tertiary/aromatic N) is 2. The van der Waals surface area contributed by atoms with Gasteiger partial charge in [-0.25, -0.2) is 4.99 Å². The maximum absolute atomic E-state index is 13.0. The molecule has 0 radical (unpaired) electrons. The zero-order chi connectivity index (χ0) is 21.1. The van der Waals surface area contributed by atoms with Crippen LogP contribution in [0.1, 0.15) is 31.7 Å². The van der Waals surface area contributed by atoms with Crippen molar-refractivity contribution in [2.24, 2.45) is 4.99 Å². The Hall–Kier alpha value is -2.80. The summed E-state index contributed by atoms with van der Waals surface area (Å²) in [6.07, 6.45) is 2.10. The molecule has 0 bridgehead atoms. The fraction of sp³-hybridized carbons (Fsp3) is 0.348. The Bertz CT molecular complexity index is 970. The molecule has 2 fully saturated rings. The molecule has 1 heterocycles. The average Bonchev–Trinajstić information content (AvgIpc) is 3.50.